The molecule has 3 aromatic rings. The quantitative estimate of drug-likeness (QED) is 0.668. The van der Waals surface area contributed by atoms with Crippen LogP contribution in [0.1, 0.15) is 10.4 Å². The highest BCUT2D eigenvalue weighted by molar-refractivity contribution is 7.99. The number of nitrogens with zero attached hydrogens (tertiary/aromatic N) is 1. The van der Waals surface area contributed by atoms with Gasteiger partial charge in [-0.2, -0.15) is 0 Å². The van der Waals surface area contributed by atoms with Crippen LogP contribution in [0.15, 0.2) is 58.5 Å². The molecule has 0 N–H and O–H groups in total. The summed E-state index contributed by atoms with van der Waals surface area (Å²) in [5, 5.41) is 1.32. The summed E-state index contributed by atoms with van der Waals surface area (Å²) in [6.45, 7) is 0. The van der Waals surface area contributed by atoms with Crippen LogP contribution in [-0.4, -0.2) is 11.3 Å². The molecule has 0 bridgehead atoms. The van der Waals surface area contributed by atoms with E-state index in [1.807, 2.05) is 24.3 Å². The standard InChI is InChI=1S/C16H9F2NOS/c17-13-6-5-12(8-14(13)18)21-16-11(9-20)7-10-3-1-2-4-15(10)19-16/h1-9H. The molecule has 0 unspecified atom stereocenters. The number of para-hydroxylation sites is 1. The molecule has 21 heavy (non-hydrogen) atoms. The fourth-order valence-corrected chi connectivity index (χ4v) is 2.82. The summed E-state index contributed by atoms with van der Waals surface area (Å²) in [6, 6.07) is 12.7. The van der Waals surface area contributed by atoms with Crippen molar-refractivity contribution < 1.29 is 13.6 Å². The second-order valence-corrected chi connectivity index (χ2v) is 5.43. The Morgan fingerprint density at radius 3 is 2.57 bits per heavy atom. The Balaban J connectivity index is 2.06. The lowest BCUT2D eigenvalue weighted by Gasteiger charge is -2.06. The van der Waals surface area contributed by atoms with Crippen LogP contribution in [-0.2, 0) is 0 Å². The van der Waals surface area contributed by atoms with Gasteiger partial charge in [0.25, 0.3) is 0 Å². The maximum absolute atomic E-state index is 13.2. The zero-order valence-corrected chi connectivity index (χ0v) is 11.5. The van der Waals surface area contributed by atoms with Crippen molar-refractivity contribution >= 4 is 29.0 Å². The minimum atomic E-state index is -0.923. The van der Waals surface area contributed by atoms with Crippen molar-refractivity contribution in [1.82, 2.24) is 4.98 Å². The number of halogens is 2. The summed E-state index contributed by atoms with van der Waals surface area (Å²) >= 11 is 1.13. The molecule has 0 aliphatic carbocycles. The highest BCUT2D eigenvalue weighted by Gasteiger charge is 2.10. The van der Waals surface area contributed by atoms with Crippen LogP contribution in [0, 0.1) is 11.6 Å². The van der Waals surface area contributed by atoms with Crippen LogP contribution in [0.2, 0.25) is 0 Å². The Kier molecular flexibility index (Phi) is 3.66. The lowest BCUT2D eigenvalue weighted by atomic mass is 10.2. The molecule has 1 heterocycles. The van der Waals surface area contributed by atoms with E-state index in [1.54, 1.807) is 6.07 Å². The number of pyridine rings is 1. The number of hydrogen-bond acceptors (Lipinski definition) is 3. The third-order valence-corrected chi connectivity index (χ3v) is 3.96. The van der Waals surface area contributed by atoms with Gasteiger partial charge in [-0.3, -0.25) is 4.79 Å². The molecule has 104 valence electrons. The van der Waals surface area contributed by atoms with Crippen molar-refractivity contribution in [3.63, 3.8) is 0 Å². The highest BCUT2D eigenvalue weighted by atomic mass is 32.2. The first kappa shape index (κ1) is 13.7. The lowest BCUT2D eigenvalue weighted by molar-refractivity contribution is 0.112. The Morgan fingerprint density at radius 2 is 1.81 bits per heavy atom. The zero-order chi connectivity index (χ0) is 14.8. The lowest BCUT2D eigenvalue weighted by Crippen LogP contribution is -1.92. The normalized spacial score (nSPS) is 10.8. The van der Waals surface area contributed by atoms with Gasteiger partial charge in [0.15, 0.2) is 17.9 Å². The second-order valence-electron chi connectivity index (χ2n) is 4.37. The van der Waals surface area contributed by atoms with Gasteiger partial charge in [-0.15, -0.1) is 0 Å². The van der Waals surface area contributed by atoms with E-state index in [4.69, 9.17) is 0 Å². The minimum Gasteiger partial charge on any atom is -0.298 e. The second kappa shape index (κ2) is 5.61. The van der Waals surface area contributed by atoms with E-state index >= 15 is 0 Å². The molecule has 0 fully saturated rings. The molecule has 0 atom stereocenters. The van der Waals surface area contributed by atoms with Gasteiger partial charge in [0.1, 0.15) is 5.03 Å². The van der Waals surface area contributed by atoms with Crippen molar-refractivity contribution in [2.75, 3.05) is 0 Å². The largest absolute Gasteiger partial charge is 0.298 e. The average molecular weight is 301 g/mol. The van der Waals surface area contributed by atoms with Crippen LogP contribution < -0.4 is 0 Å². The Labute approximate surface area is 123 Å². The van der Waals surface area contributed by atoms with Crippen molar-refractivity contribution in [3.8, 4) is 0 Å². The van der Waals surface area contributed by atoms with E-state index in [-0.39, 0.29) is 0 Å². The number of aromatic nitrogens is 1. The number of aldehydes is 1. The van der Waals surface area contributed by atoms with Crippen LogP contribution >= 0.6 is 11.8 Å². The molecule has 2 nitrogen and oxygen atoms in total. The summed E-state index contributed by atoms with van der Waals surface area (Å²) in [6.07, 6.45) is 0.710. The molecule has 0 saturated carbocycles. The van der Waals surface area contributed by atoms with E-state index in [0.29, 0.717) is 21.8 Å². The van der Waals surface area contributed by atoms with Crippen molar-refractivity contribution in [2.24, 2.45) is 0 Å². The van der Waals surface area contributed by atoms with Crippen LogP contribution in [0.5, 0.6) is 0 Å². The first-order valence-electron chi connectivity index (χ1n) is 6.15. The van der Waals surface area contributed by atoms with Crippen molar-refractivity contribution in [1.29, 1.82) is 0 Å². The summed E-state index contributed by atoms with van der Waals surface area (Å²) in [7, 11) is 0. The predicted molar refractivity (Wildman–Crippen MR) is 77.6 cm³/mol. The molecule has 0 radical (unpaired) electrons. The van der Waals surface area contributed by atoms with Gasteiger partial charge in [-0.05, 0) is 30.3 Å². The molecule has 0 saturated heterocycles. The van der Waals surface area contributed by atoms with Gasteiger partial charge in [0, 0.05) is 15.8 Å². The topological polar surface area (TPSA) is 30.0 Å². The average Bonchev–Trinajstić information content (AvgIpc) is 2.50. The van der Waals surface area contributed by atoms with E-state index in [9.17, 15) is 13.6 Å². The van der Waals surface area contributed by atoms with Crippen LogP contribution in [0.4, 0.5) is 8.78 Å². The van der Waals surface area contributed by atoms with Gasteiger partial charge < -0.3 is 0 Å². The predicted octanol–water partition coefficient (Wildman–Crippen LogP) is 4.48. The maximum atomic E-state index is 13.2. The zero-order valence-electron chi connectivity index (χ0n) is 10.7. The van der Waals surface area contributed by atoms with Crippen molar-refractivity contribution in [2.45, 2.75) is 9.92 Å². The molecule has 0 aliphatic heterocycles. The maximum Gasteiger partial charge on any atom is 0.159 e. The molecular weight excluding hydrogens is 292 g/mol. The Hall–Kier alpha value is -2.27. The number of benzene rings is 2. The summed E-state index contributed by atoms with van der Waals surface area (Å²) < 4.78 is 26.2. The van der Waals surface area contributed by atoms with Gasteiger partial charge in [0.2, 0.25) is 0 Å². The number of carbonyl (C=O) groups is 1. The summed E-state index contributed by atoms with van der Waals surface area (Å²) in [5.41, 5.74) is 1.16. The first-order chi connectivity index (χ1) is 10.2. The minimum absolute atomic E-state index is 0.420. The van der Waals surface area contributed by atoms with Crippen LogP contribution in [0.25, 0.3) is 10.9 Å². The smallest absolute Gasteiger partial charge is 0.159 e. The molecule has 5 heteroatoms. The summed E-state index contributed by atoms with van der Waals surface area (Å²) in [4.78, 5) is 16.1. The number of carbonyl (C=O) groups excluding carboxylic acids is 1. The fourth-order valence-electron chi connectivity index (χ4n) is 1.93. The molecule has 0 spiro atoms. The summed E-state index contributed by atoms with van der Waals surface area (Å²) in [5.74, 6) is -1.82. The van der Waals surface area contributed by atoms with Gasteiger partial charge in [0.05, 0.1) is 5.52 Å². The molecule has 2 aromatic carbocycles. The molecule has 0 amide bonds. The SMILES string of the molecule is O=Cc1cc2ccccc2nc1Sc1ccc(F)c(F)c1. The monoisotopic (exact) mass is 301 g/mol. The van der Waals surface area contributed by atoms with Crippen molar-refractivity contribution in [3.05, 3.63) is 65.7 Å². The van der Waals surface area contributed by atoms with Crippen LogP contribution in [0.3, 0.4) is 0 Å². The third-order valence-electron chi connectivity index (χ3n) is 2.95. The molecular formula is C16H9F2NOS. The molecule has 0 aliphatic rings. The Morgan fingerprint density at radius 1 is 1.00 bits per heavy atom. The van der Waals surface area contributed by atoms with E-state index in [1.165, 1.54) is 6.07 Å². The highest BCUT2D eigenvalue weighted by Crippen LogP contribution is 2.31. The van der Waals surface area contributed by atoms with Gasteiger partial charge in [-0.25, -0.2) is 13.8 Å². The fraction of sp³-hybridized carbons (Fsp3) is 0. The number of fused-ring (bicyclic) bond motifs is 1. The van der Waals surface area contributed by atoms with Gasteiger partial charge in [-0.1, -0.05) is 30.0 Å². The van der Waals surface area contributed by atoms with Gasteiger partial charge >= 0.3 is 0 Å². The third kappa shape index (κ3) is 2.78. The van der Waals surface area contributed by atoms with E-state index in [2.05, 4.69) is 4.98 Å². The molecule has 3 rings (SSSR count). The number of hydrogen-bond donors (Lipinski definition) is 0. The number of rotatable bonds is 3. The van der Waals surface area contributed by atoms with E-state index in [0.717, 1.165) is 34.8 Å². The molecule has 1 aromatic heterocycles. The Bertz CT molecular complexity index is 836. The first-order valence-corrected chi connectivity index (χ1v) is 6.97. The van der Waals surface area contributed by atoms with E-state index < -0.39 is 11.6 Å².